The molecule has 0 aliphatic rings. The number of rotatable bonds is 6. The van der Waals surface area contributed by atoms with Gasteiger partial charge in [-0.1, -0.05) is 18.2 Å². The topological polar surface area (TPSA) is 40.2 Å². The average Bonchev–Trinajstić information content (AvgIpc) is 2.69. The van der Waals surface area contributed by atoms with Gasteiger partial charge in [-0.2, -0.15) is 0 Å². The van der Waals surface area contributed by atoms with Crippen LogP contribution < -0.4 is 5.73 Å². The Morgan fingerprint density at radius 3 is 2.78 bits per heavy atom. The first-order valence-electron chi connectivity index (χ1n) is 6.60. The van der Waals surface area contributed by atoms with Gasteiger partial charge in [-0.25, -0.2) is 0 Å². The summed E-state index contributed by atoms with van der Waals surface area (Å²) >= 11 is 0. The minimum absolute atomic E-state index is 0.287. The predicted octanol–water partition coefficient (Wildman–Crippen LogP) is 2.57. The smallest absolute Gasteiger partial charge is 0.0649 e. The number of ether oxygens (including phenoxy) is 1. The van der Waals surface area contributed by atoms with Crippen LogP contribution in [-0.4, -0.2) is 23.8 Å². The summed E-state index contributed by atoms with van der Waals surface area (Å²) in [6, 6.07) is 8.48. The number of hydrogen-bond acceptors (Lipinski definition) is 2. The van der Waals surface area contributed by atoms with Crippen LogP contribution in [0.4, 0.5) is 0 Å². The van der Waals surface area contributed by atoms with Gasteiger partial charge in [0.25, 0.3) is 0 Å². The lowest BCUT2D eigenvalue weighted by atomic mass is 10.1. The molecule has 1 aromatic heterocycles. The van der Waals surface area contributed by atoms with E-state index in [0.717, 1.165) is 19.6 Å². The Balaban J connectivity index is 2.21. The first-order chi connectivity index (χ1) is 8.72. The second kappa shape index (κ2) is 6.03. The van der Waals surface area contributed by atoms with Crippen molar-refractivity contribution in [2.24, 2.45) is 5.73 Å². The van der Waals surface area contributed by atoms with Gasteiger partial charge in [-0.15, -0.1) is 0 Å². The van der Waals surface area contributed by atoms with Gasteiger partial charge in [0.2, 0.25) is 0 Å². The fourth-order valence-corrected chi connectivity index (χ4v) is 2.25. The molecular formula is C15H22N2O. The zero-order valence-electron chi connectivity index (χ0n) is 11.2. The molecule has 0 unspecified atom stereocenters. The number of para-hydroxylation sites is 1. The lowest BCUT2D eigenvalue weighted by Crippen LogP contribution is -2.09. The molecule has 0 aliphatic heterocycles. The molecule has 2 rings (SSSR count). The molecule has 1 heterocycles. The first-order valence-corrected chi connectivity index (χ1v) is 6.60. The fourth-order valence-electron chi connectivity index (χ4n) is 2.25. The van der Waals surface area contributed by atoms with Crippen molar-refractivity contribution in [2.75, 3.05) is 13.2 Å². The second-order valence-corrected chi connectivity index (χ2v) is 4.82. The predicted molar refractivity (Wildman–Crippen MR) is 75.8 cm³/mol. The Kier molecular flexibility index (Phi) is 4.39. The SMILES string of the molecule is CC(C)OCCn1cc(CCN)c2ccccc21. The van der Waals surface area contributed by atoms with Crippen LogP contribution in [0.15, 0.2) is 30.5 Å². The average molecular weight is 246 g/mol. The molecule has 0 amide bonds. The van der Waals surface area contributed by atoms with Crippen molar-refractivity contribution in [2.45, 2.75) is 32.9 Å². The lowest BCUT2D eigenvalue weighted by Gasteiger charge is -2.09. The van der Waals surface area contributed by atoms with Crippen molar-refractivity contribution in [1.29, 1.82) is 0 Å². The zero-order valence-corrected chi connectivity index (χ0v) is 11.2. The molecule has 3 heteroatoms. The van der Waals surface area contributed by atoms with Crippen LogP contribution >= 0.6 is 0 Å². The van der Waals surface area contributed by atoms with Crippen LogP contribution in [0.2, 0.25) is 0 Å². The van der Waals surface area contributed by atoms with E-state index in [2.05, 4.69) is 48.9 Å². The summed E-state index contributed by atoms with van der Waals surface area (Å²) < 4.78 is 7.88. The maximum atomic E-state index is 5.67. The van der Waals surface area contributed by atoms with Gasteiger partial charge in [0.05, 0.1) is 12.7 Å². The third-order valence-corrected chi connectivity index (χ3v) is 3.07. The van der Waals surface area contributed by atoms with E-state index in [-0.39, 0.29) is 6.10 Å². The van der Waals surface area contributed by atoms with Gasteiger partial charge in [0, 0.05) is 23.6 Å². The molecule has 0 aliphatic carbocycles. The maximum Gasteiger partial charge on any atom is 0.0649 e. The largest absolute Gasteiger partial charge is 0.377 e. The summed E-state index contributed by atoms with van der Waals surface area (Å²) in [5, 5.41) is 1.31. The van der Waals surface area contributed by atoms with E-state index in [1.54, 1.807) is 0 Å². The Morgan fingerprint density at radius 2 is 2.06 bits per heavy atom. The molecule has 0 fully saturated rings. The molecule has 98 valence electrons. The van der Waals surface area contributed by atoms with Crippen LogP contribution in [0.3, 0.4) is 0 Å². The quantitative estimate of drug-likeness (QED) is 0.851. The Bertz CT molecular complexity index is 502. The molecule has 2 N–H and O–H groups in total. The molecule has 1 aromatic carbocycles. The van der Waals surface area contributed by atoms with Gasteiger partial charge in [-0.3, -0.25) is 0 Å². The third-order valence-electron chi connectivity index (χ3n) is 3.07. The molecule has 0 saturated carbocycles. The van der Waals surface area contributed by atoms with Gasteiger partial charge in [0.1, 0.15) is 0 Å². The van der Waals surface area contributed by atoms with Crippen LogP contribution in [0.25, 0.3) is 10.9 Å². The summed E-state index contributed by atoms with van der Waals surface area (Å²) in [7, 11) is 0. The van der Waals surface area contributed by atoms with E-state index >= 15 is 0 Å². The van der Waals surface area contributed by atoms with Crippen molar-refractivity contribution in [3.8, 4) is 0 Å². The van der Waals surface area contributed by atoms with E-state index in [9.17, 15) is 0 Å². The van der Waals surface area contributed by atoms with E-state index in [0.29, 0.717) is 6.54 Å². The molecular weight excluding hydrogens is 224 g/mol. The minimum atomic E-state index is 0.287. The zero-order chi connectivity index (χ0) is 13.0. The summed E-state index contributed by atoms with van der Waals surface area (Å²) in [4.78, 5) is 0. The highest BCUT2D eigenvalue weighted by atomic mass is 16.5. The Hall–Kier alpha value is -1.32. The third kappa shape index (κ3) is 2.92. The standard InChI is InChI=1S/C15H22N2O/c1-12(2)18-10-9-17-11-13(7-8-16)14-5-3-4-6-15(14)17/h3-6,11-12H,7-10,16H2,1-2H3. The van der Waals surface area contributed by atoms with Crippen LogP contribution in [-0.2, 0) is 17.7 Å². The Labute approximate surface area is 109 Å². The molecule has 0 spiro atoms. The highest BCUT2D eigenvalue weighted by molar-refractivity contribution is 5.84. The van der Waals surface area contributed by atoms with Crippen molar-refractivity contribution in [3.63, 3.8) is 0 Å². The van der Waals surface area contributed by atoms with Crippen molar-refractivity contribution in [1.82, 2.24) is 4.57 Å². The van der Waals surface area contributed by atoms with E-state index in [1.165, 1.54) is 16.5 Å². The number of hydrogen-bond donors (Lipinski definition) is 1. The minimum Gasteiger partial charge on any atom is -0.377 e. The molecule has 2 aromatic rings. The highest BCUT2D eigenvalue weighted by Gasteiger charge is 2.07. The monoisotopic (exact) mass is 246 g/mol. The van der Waals surface area contributed by atoms with Crippen molar-refractivity contribution in [3.05, 3.63) is 36.0 Å². The van der Waals surface area contributed by atoms with Crippen LogP contribution in [0.5, 0.6) is 0 Å². The summed E-state index contributed by atoms with van der Waals surface area (Å²) in [6.45, 7) is 6.46. The molecule has 0 radical (unpaired) electrons. The Morgan fingerprint density at radius 1 is 1.28 bits per heavy atom. The normalized spacial score (nSPS) is 11.6. The highest BCUT2D eigenvalue weighted by Crippen LogP contribution is 2.21. The van der Waals surface area contributed by atoms with Crippen LogP contribution in [0.1, 0.15) is 19.4 Å². The summed E-state index contributed by atoms with van der Waals surface area (Å²) in [5.41, 5.74) is 8.27. The van der Waals surface area contributed by atoms with Gasteiger partial charge in [0.15, 0.2) is 0 Å². The molecule has 3 nitrogen and oxygen atoms in total. The van der Waals surface area contributed by atoms with E-state index in [4.69, 9.17) is 10.5 Å². The number of fused-ring (bicyclic) bond motifs is 1. The first kappa shape index (κ1) is 13.1. The molecule has 0 bridgehead atoms. The number of aromatic nitrogens is 1. The fraction of sp³-hybridized carbons (Fsp3) is 0.467. The number of benzene rings is 1. The molecule has 18 heavy (non-hydrogen) atoms. The second-order valence-electron chi connectivity index (χ2n) is 4.82. The summed E-state index contributed by atoms with van der Waals surface area (Å²) in [5.74, 6) is 0. The summed E-state index contributed by atoms with van der Waals surface area (Å²) in [6.07, 6.45) is 3.43. The van der Waals surface area contributed by atoms with Gasteiger partial charge >= 0.3 is 0 Å². The van der Waals surface area contributed by atoms with Gasteiger partial charge in [-0.05, 0) is 38.4 Å². The van der Waals surface area contributed by atoms with E-state index < -0.39 is 0 Å². The van der Waals surface area contributed by atoms with Crippen LogP contribution in [0, 0.1) is 0 Å². The maximum absolute atomic E-state index is 5.67. The van der Waals surface area contributed by atoms with Crippen molar-refractivity contribution >= 4 is 10.9 Å². The van der Waals surface area contributed by atoms with Crippen molar-refractivity contribution < 1.29 is 4.74 Å². The van der Waals surface area contributed by atoms with Gasteiger partial charge < -0.3 is 15.0 Å². The van der Waals surface area contributed by atoms with E-state index in [1.807, 2.05) is 0 Å². The number of nitrogens with two attached hydrogens (primary N) is 1. The molecule has 0 saturated heterocycles. The molecule has 0 atom stereocenters. The number of nitrogens with zero attached hydrogens (tertiary/aromatic N) is 1. The lowest BCUT2D eigenvalue weighted by molar-refractivity contribution is 0.0733.